The van der Waals surface area contributed by atoms with Crippen LogP contribution in [0.3, 0.4) is 0 Å². The molecular formula is C28H30BNO3. The van der Waals surface area contributed by atoms with Gasteiger partial charge in [-0.1, -0.05) is 78.9 Å². The van der Waals surface area contributed by atoms with Crippen LogP contribution in [0.5, 0.6) is 0 Å². The molecule has 1 fully saturated rings. The number of para-hydroxylation sites is 1. The van der Waals surface area contributed by atoms with Gasteiger partial charge in [0.05, 0.1) is 17.7 Å². The van der Waals surface area contributed by atoms with Crippen LogP contribution in [0.15, 0.2) is 84.9 Å². The minimum Gasteiger partial charge on any atom is -0.403 e. The summed E-state index contributed by atoms with van der Waals surface area (Å²) in [7, 11) is -0.496. The van der Waals surface area contributed by atoms with Crippen LogP contribution in [0.2, 0.25) is 6.32 Å². The molecule has 0 saturated carbocycles. The van der Waals surface area contributed by atoms with Gasteiger partial charge in [-0.3, -0.25) is 4.79 Å². The van der Waals surface area contributed by atoms with Crippen molar-refractivity contribution in [1.82, 2.24) is 0 Å². The number of anilines is 1. The van der Waals surface area contributed by atoms with Gasteiger partial charge in [0.15, 0.2) is 0 Å². The van der Waals surface area contributed by atoms with Gasteiger partial charge in [-0.15, -0.1) is 0 Å². The van der Waals surface area contributed by atoms with Gasteiger partial charge < -0.3 is 14.2 Å². The largest absolute Gasteiger partial charge is 0.459 e. The quantitative estimate of drug-likeness (QED) is 0.485. The second-order valence-electron chi connectivity index (χ2n) is 10.1. The molecule has 0 radical (unpaired) electrons. The standard InChI is InChI=1S/C28H30BNO3/c1-26(2)27(3,4)33-29(32-26)20-28(22-15-9-6-10-16-22)23-17-11-12-18-24(23)30(25(28)31)19-21-13-7-5-8-14-21/h5-18H,19-20H2,1-4H3/t28-/m0/s1. The summed E-state index contributed by atoms with van der Waals surface area (Å²) >= 11 is 0. The van der Waals surface area contributed by atoms with E-state index in [1.54, 1.807) is 0 Å². The Morgan fingerprint density at radius 1 is 0.758 bits per heavy atom. The Kier molecular flexibility index (Phi) is 5.22. The Balaban J connectivity index is 1.62. The Labute approximate surface area is 196 Å². The van der Waals surface area contributed by atoms with Crippen molar-refractivity contribution in [2.24, 2.45) is 0 Å². The van der Waals surface area contributed by atoms with Crippen molar-refractivity contribution in [2.75, 3.05) is 4.90 Å². The van der Waals surface area contributed by atoms with Crippen LogP contribution in [-0.4, -0.2) is 24.2 Å². The van der Waals surface area contributed by atoms with Crippen LogP contribution in [0.25, 0.3) is 0 Å². The van der Waals surface area contributed by atoms with E-state index in [-0.39, 0.29) is 5.91 Å². The maximum absolute atomic E-state index is 14.4. The molecule has 2 aliphatic rings. The average molecular weight is 439 g/mol. The number of carbonyl (C=O) groups is 1. The molecule has 5 rings (SSSR count). The molecule has 0 N–H and O–H groups in total. The maximum atomic E-state index is 14.4. The number of benzene rings is 3. The Morgan fingerprint density at radius 3 is 1.94 bits per heavy atom. The summed E-state index contributed by atoms with van der Waals surface area (Å²) in [6.07, 6.45) is 0.422. The molecule has 1 saturated heterocycles. The van der Waals surface area contributed by atoms with E-state index in [2.05, 4.69) is 18.2 Å². The minimum atomic E-state index is -0.881. The second kappa shape index (κ2) is 7.86. The molecule has 2 heterocycles. The van der Waals surface area contributed by atoms with Crippen molar-refractivity contribution in [3.05, 3.63) is 102 Å². The van der Waals surface area contributed by atoms with Crippen LogP contribution in [0.1, 0.15) is 44.4 Å². The lowest BCUT2D eigenvalue weighted by molar-refractivity contribution is -0.121. The fourth-order valence-electron chi connectivity index (χ4n) is 5.06. The first kappa shape index (κ1) is 21.9. The topological polar surface area (TPSA) is 38.8 Å². The molecule has 1 amide bonds. The number of hydrogen-bond donors (Lipinski definition) is 0. The molecule has 0 aliphatic carbocycles. The van der Waals surface area contributed by atoms with E-state index in [4.69, 9.17) is 9.31 Å². The molecule has 4 nitrogen and oxygen atoms in total. The number of hydrogen-bond acceptors (Lipinski definition) is 3. The predicted octanol–water partition coefficient (Wildman–Crippen LogP) is 5.61. The summed E-state index contributed by atoms with van der Waals surface area (Å²) in [5.74, 6) is 0.0634. The van der Waals surface area contributed by atoms with Crippen LogP contribution in [0, 0.1) is 0 Å². The predicted molar refractivity (Wildman–Crippen MR) is 132 cm³/mol. The van der Waals surface area contributed by atoms with E-state index >= 15 is 0 Å². The smallest absolute Gasteiger partial charge is 0.403 e. The highest BCUT2D eigenvalue weighted by Crippen LogP contribution is 2.51. The van der Waals surface area contributed by atoms with E-state index in [1.165, 1.54) is 0 Å². The zero-order valence-corrected chi connectivity index (χ0v) is 19.7. The summed E-state index contributed by atoms with van der Waals surface area (Å²) < 4.78 is 12.8. The molecule has 0 spiro atoms. The van der Waals surface area contributed by atoms with Crippen molar-refractivity contribution in [2.45, 2.75) is 57.2 Å². The highest BCUT2D eigenvalue weighted by Gasteiger charge is 2.59. The van der Waals surface area contributed by atoms with E-state index in [0.717, 1.165) is 22.4 Å². The normalized spacial score (nSPS) is 23.1. The van der Waals surface area contributed by atoms with Gasteiger partial charge in [0, 0.05) is 12.0 Å². The van der Waals surface area contributed by atoms with E-state index in [0.29, 0.717) is 12.9 Å². The van der Waals surface area contributed by atoms with Crippen LogP contribution < -0.4 is 4.90 Å². The van der Waals surface area contributed by atoms with E-state index in [1.807, 2.05) is 99.3 Å². The first-order chi connectivity index (χ1) is 15.7. The molecular weight excluding hydrogens is 409 g/mol. The van der Waals surface area contributed by atoms with Gasteiger partial charge in [-0.2, -0.15) is 0 Å². The van der Waals surface area contributed by atoms with E-state index < -0.39 is 23.7 Å². The number of carbonyl (C=O) groups excluding carboxylic acids is 1. The third kappa shape index (κ3) is 3.51. The summed E-state index contributed by atoms with van der Waals surface area (Å²) in [6, 6.07) is 28.4. The van der Waals surface area contributed by atoms with Crippen LogP contribution in [-0.2, 0) is 26.1 Å². The summed E-state index contributed by atoms with van der Waals surface area (Å²) in [5, 5.41) is 0. The summed E-state index contributed by atoms with van der Waals surface area (Å²) in [6.45, 7) is 8.72. The Morgan fingerprint density at radius 2 is 1.30 bits per heavy atom. The highest BCUT2D eigenvalue weighted by atomic mass is 16.7. The molecule has 0 bridgehead atoms. The van der Waals surface area contributed by atoms with Crippen molar-refractivity contribution in [3.63, 3.8) is 0 Å². The Bertz CT molecular complexity index is 1150. The van der Waals surface area contributed by atoms with E-state index in [9.17, 15) is 4.79 Å². The summed E-state index contributed by atoms with van der Waals surface area (Å²) in [5.41, 5.74) is 2.22. The third-order valence-electron chi connectivity index (χ3n) is 7.49. The van der Waals surface area contributed by atoms with Crippen molar-refractivity contribution < 1.29 is 14.1 Å². The average Bonchev–Trinajstić information content (AvgIpc) is 3.16. The van der Waals surface area contributed by atoms with Crippen LogP contribution in [0.4, 0.5) is 5.69 Å². The van der Waals surface area contributed by atoms with Gasteiger partial charge in [-0.25, -0.2) is 0 Å². The van der Waals surface area contributed by atoms with Crippen molar-refractivity contribution in [1.29, 1.82) is 0 Å². The Hall–Kier alpha value is -2.89. The molecule has 5 heteroatoms. The lowest BCUT2D eigenvalue weighted by Crippen LogP contribution is -2.44. The van der Waals surface area contributed by atoms with Crippen molar-refractivity contribution in [3.8, 4) is 0 Å². The molecule has 3 aromatic carbocycles. The molecule has 3 aromatic rings. The fraction of sp³-hybridized carbons (Fsp3) is 0.321. The second-order valence-corrected chi connectivity index (χ2v) is 10.1. The lowest BCUT2D eigenvalue weighted by atomic mass is 9.61. The lowest BCUT2D eigenvalue weighted by Gasteiger charge is -2.32. The molecule has 2 aliphatic heterocycles. The van der Waals surface area contributed by atoms with Gasteiger partial charge in [0.25, 0.3) is 0 Å². The monoisotopic (exact) mass is 439 g/mol. The number of amides is 1. The number of nitrogens with zero attached hydrogens (tertiary/aromatic N) is 1. The van der Waals surface area contributed by atoms with Gasteiger partial charge in [0.1, 0.15) is 5.41 Å². The highest BCUT2D eigenvalue weighted by molar-refractivity contribution is 6.47. The minimum absolute atomic E-state index is 0.0634. The molecule has 168 valence electrons. The van der Waals surface area contributed by atoms with Gasteiger partial charge >= 0.3 is 7.12 Å². The van der Waals surface area contributed by atoms with Crippen LogP contribution >= 0.6 is 0 Å². The molecule has 0 unspecified atom stereocenters. The molecule has 33 heavy (non-hydrogen) atoms. The SMILES string of the molecule is CC1(C)OB(C[C@@]2(c3ccccc3)C(=O)N(Cc3ccccc3)c3ccccc32)OC1(C)C. The molecule has 1 atom stereocenters. The summed E-state index contributed by atoms with van der Waals surface area (Å²) in [4.78, 5) is 16.3. The maximum Gasteiger partial charge on any atom is 0.459 e. The fourth-order valence-corrected chi connectivity index (χ4v) is 5.06. The van der Waals surface area contributed by atoms with Gasteiger partial charge in [-0.05, 0) is 50.5 Å². The first-order valence-electron chi connectivity index (χ1n) is 11.6. The zero-order chi connectivity index (χ0) is 23.3. The third-order valence-corrected chi connectivity index (χ3v) is 7.49. The van der Waals surface area contributed by atoms with Gasteiger partial charge in [0.2, 0.25) is 5.91 Å². The zero-order valence-electron chi connectivity index (χ0n) is 19.7. The van der Waals surface area contributed by atoms with Crippen molar-refractivity contribution >= 4 is 18.7 Å². The first-order valence-corrected chi connectivity index (χ1v) is 11.6. The number of rotatable bonds is 5. The number of fused-ring (bicyclic) bond motifs is 1. The molecule has 0 aromatic heterocycles.